The van der Waals surface area contributed by atoms with E-state index in [9.17, 15) is 19.2 Å². The molecule has 0 aliphatic carbocycles. The quantitative estimate of drug-likeness (QED) is 0.215. The minimum absolute atomic E-state index is 0.0984. The average Bonchev–Trinajstić information content (AvgIpc) is 3.47. The molecule has 0 bridgehead atoms. The SMILES string of the molecule is COc1cc2[nH]c(=O)c(C(=O)Nc3cc(C(=O)NC(CCNC(=O)OC(C)(C)C)c4ccsc4)ccc3C)cc2cn1. The lowest BCUT2D eigenvalue weighted by Gasteiger charge is -2.21. The Kier molecular flexibility index (Phi) is 9.26. The number of pyridine rings is 2. The molecular formula is C30H33N5O6S. The molecule has 11 nitrogen and oxygen atoms in total. The number of carbonyl (C=O) groups excluding carboxylic acids is 3. The van der Waals surface area contributed by atoms with Gasteiger partial charge in [0.2, 0.25) is 5.88 Å². The van der Waals surface area contributed by atoms with E-state index in [1.165, 1.54) is 30.7 Å². The highest BCUT2D eigenvalue weighted by atomic mass is 32.1. The zero-order valence-electron chi connectivity index (χ0n) is 24.0. The molecule has 0 aliphatic heterocycles. The van der Waals surface area contributed by atoms with E-state index >= 15 is 0 Å². The van der Waals surface area contributed by atoms with Gasteiger partial charge < -0.3 is 30.4 Å². The minimum atomic E-state index is -0.626. The van der Waals surface area contributed by atoms with E-state index in [4.69, 9.17) is 9.47 Å². The van der Waals surface area contributed by atoms with Gasteiger partial charge in [-0.05, 0) is 80.3 Å². The standard InChI is InChI=1S/C30H33N5O6S/c1-17-6-7-18(26(36)33-22(19-9-11-42-16-19)8-10-31-29(39)41-30(2,3)4)13-23(17)34-27(37)21-12-20-15-32-25(40-5)14-24(20)35-28(21)38/h6-7,9,11-16,22H,8,10H2,1-5H3,(H,31,39)(H,33,36)(H,34,37)(H,35,38). The molecule has 4 N–H and O–H groups in total. The van der Waals surface area contributed by atoms with Crippen LogP contribution >= 0.6 is 11.3 Å². The maximum Gasteiger partial charge on any atom is 0.407 e. The summed E-state index contributed by atoms with van der Waals surface area (Å²) in [5, 5.41) is 12.9. The molecule has 220 valence electrons. The summed E-state index contributed by atoms with van der Waals surface area (Å²) >= 11 is 1.50. The van der Waals surface area contributed by atoms with E-state index in [0.717, 1.165) is 5.56 Å². The van der Waals surface area contributed by atoms with Crippen LogP contribution in [0.25, 0.3) is 10.9 Å². The molecule has 0 fully saturated rings. The molecule has 3 amide bonds. The largest absolute Gasteiger partial charge is 0.481 e. The number of ether oxygens (including phenoxy) is 2. The molecule has 3 heterocycles. The van der Waals surface area contributed by atoms with Gasteiger partial charge in [-0.25, -0.2) is 9.78 Å². The maximum absolute atomic E-state index is 13.3. The van der Waals surface area contributed by atoms with Crippen LogP contribution in [0, 0.1) is 6.92 Å². The number of aromatic nitrogens is 2. The first-order chi connectivity index (χ1) is 19.9. The Morgan fingerprint density at radius 1 is 1.10 bits per heavy atom. The van der Waals surface area contributed by atoms with Crippen molar-refractivity contribution < 1.29 is 23.9 Å². The number of aryl methyl sites for hydroxylation is 1. The molecule has 0 saturated carbocycles. The van der Waals surface area contributed by atoms with Gasteiger partial charge in [0.25, 0.3) is 17.4 Å². The minimum Gasteiger partial charge on any atom is -0.481 e. The summed E-state index contributed by atoms with van der Waals surface area (Å²) in [6.07, 6.45) is 1.41. The van der Waals surface area contributed by atoms with Crippen molar-refractivity contribution in [3.8, 4) is 5.88 Å². The van der Waals surface area contributed by atoms with Crippen LogP contribution in [-0.4, -0.2) is 47.1 Å². The number of benzene rings is 1. The van der Waals surface area contributed by atoms with Crippen molar-refractivity contribution in [2.75, 3.05) is 19.0 Å². The van der Waals surface area contributed by atoms with E-state index in [0.29, 0.717) is 40.0 Å². The second kappa shape index (κ2) is 12.9. The fourth-order valence-corrected chi connectivity index (χ4v) is 4.83. The number of carbonyl (C=O) groups is 3. The summed E-state index contributed by atoms with van der Waals surface area (Å²) in [4.78, 5) is 58.0. The van der Waals surface area contributed by atoms with Crippen molar-refractivity contribution in [2.45, 2.75) is 45.8 Å². The first-order valence-corrected chi connectivity index (χ1v) is 14.2. The van der Waals surface area contributed by atoms with E-state index < -0.39 is 23.2 Å². The lowest BCUT2D eigenvalue weighted by atomic mass is 10.0. The Morgan fingerprint density at radius 2 is 1.88 bits per heavy atom. The summed E-state index contributed by atoms with van der Waals surface area (Å²) in [5.41, 5.74) is 1.52. The summed E-state index contributed by atoms with van der Waals surface area (Å²) in [6, 6.07) is 9.51. The van der Waals surface area contributed by atoms with Gasteiger partial charge in [-0.3, -0.25) is 14.4 Å². The van der Waals surface area contributed by atoms with Crippen LogP contribution in [0.4, 0.5) is 10.5 Å². The Labute approximate surface area is 246 Å². The fourth-order valence-electron chi connectivity index (χ4n) is 4.12. The Hall–Kier alpha value is -4.71. The van der Waals surface area contributed by atoms with Gasteiger partial charge in [0.15, 0.2) is 0 Å². The smallest absolute Gasteiger partial charge is 0.407 e. The maximum atomic E-state index is 13.3. The number of alkyl carbamates (subject to hydrolysis) is 1. The number of amides is 3. The first-order valence-electron chi connectivity index (χ1n) is 13.2. The summed E-state index contributed by atoms with van der Waals surface area (Å²) in [6.45, 7) is 7.43. The van der Waals surface area contributed by atoms with Crippen molar-refractivity contribution in [1.82, 2.24) is 20.6 Å². The van der Waals surface area contributed by atoms with Crippen LogP contribution in [0.15, 0.2) is 58.1 Å². The molecule has 0 spiro atoms. The van der Waals surface area contributed by atoms with E-state index in [1.54, 1.807) is 52.0 Å². The van der Waals surface area contributed by atoms with Gasteiger partial charge in [0, 0.05) is 35.4 Å². The zero-order valence-corrected chi connectivity index (χ0v) is 24.8. The van der Waals surface area contributed by atoms with Crippen molar-refractivity contribution in [2.24, 2.45) is 0 Å². The number of hydrogen-bond donors (Lipinski definition) is 4. The number of nitrogens with one attached hydrogen (secondary N) is 4. The highest BCUT2D eigenvalue weighted by Crippen LogP contribution is 2.23. The normalized spacial score (nSPS) is 11.9. The predicted molar refractivity (Wildman–Crippen MR) is 161 cm³/mol. The number of nitrogens with zero attached hydrogens (tertiary/aromatic N) is 1. The Morgan fingerprint density at radius 3 is 2.57 bits per heavy atom. The highest BCUT2D eigenvalue weighted by molar-refractivity contribution is 7.08. The second-order valence-corrected chi connectivity index (χ2v) is 11.4. The Bertz CT molecular complexity index is 1660. The summed E-state index contributed by atoms with van der Waals surface area (Å²) < 4.78 is 10.4. The van der Waals surface area contributed by atoms with E-state index in [-0.39, 0.29) is 24.1 Å². The van der Waals surface area contributed by atoms with Crippen LogP contribution in [0.5, 0.6) is 5.88 Å². The van der Waals surface area contributed by atoms with E-state index in [2.05, 4.69) is 25.9 Å². The van der Waals surface area contributed by atoms with Gasteiger partial charge in [0.1, 0.15) is 11.2 Å². The van der Waals surface area contributed by atoms with Gasteiger partial charge in [-0.2, -0.15) is 11.3 Å². The number of methoxy groups -OCH3 is 1. The molecule has 0 aliphatic rings. The molecule has 4 aromatic rings. The van der Waals surface area contributed by atoms with Crippen molar-refractivity contribution in [3.05, 3.63) is 86.0 Å². The van der Waals surface area contributed by atoms with Gasteiger partial charge >= 0.3 is 6.09 Å². The topological polar surface area (TPSA) is 152 Å². The fraction of sp³-hybridized carbons (Fsp3) is 0.300. The van der Waals surface area contributed by atoms with Crippen molar-refractivity contribution >= 4 is 45.8 Å². The summed E-state index contributed by atoms with van der Waals surface area (Å²) in [7, 11) is 1.47. The van der Waals surface area contributed by atoms with Gasteiger partial charge in [-0.1, -0.05) is 6.07 Å². The van der Waals surface area contributed by atoms with Gasteiger partial charge in [-0.15, -0.1) is 0 Å². The highest BCUT2D eigenvalue weighted by Gasteiger charge is 2.20. The molecule has 1 aromatic carbocycles. The van der Waals surface area contributed by atoms with Crippen LogP contribution < -0.4 is 26.2 Å². The third-order valence-corrected chi connectivity index (χ3v) is 6.96. The molecule has 42 heavy (non-hydrogen) atoms. The number of aromatic amines is 1. The number of rotatable bonds is 9. The van der Waals surface area contributed by atoms with Crippen LogP contribution in [-0.2, 0) is 4.74 Å². The van der Waals surface area contributed by atoms with E-state index in [1.807, 2.05) is 16.8 Å². The van der Waals surface area contributed by atoms with Crippen molar-refractivity contribution in [1.29, 1.82) is 0 Å². The molecule has 12 heteroatoms. The third kappa shape index (κ3) is 7.72. The Balaban J connectivity index is 1.47. The van der Waals surface area contributed by atoms with Crippen molar-refractivity contribution in [3.63, 3.8) is 0 Å². The zero-order chi connectivity index (χ0) is 30.4. The lowest BCUT2D eigenvalue weighted by Crippen LogP contribution is -2.35. The van der Waals surface area contributed by atoms with Crippen LogP contribution in [0.3, 0.4) is 0 Å². The lowest BCUT2D eigenvalue weighted by molar-refractivity contribution is 0.0526. The first kappa shape index (κ1) is 30.3. The average molecular weight is 592 g/mol. The predicted octanol–water partition coefficient (Wildman–Crippen LogP) is 4.94. The molecule has 0 radical (unpaired) electrons. The number of anilines is 1. The molecular weight excluding hydrogens is 558 g/mol. The molecule has 1 atom stereocenters. The number of thiophene rings is 1. The third-order valence-electron chi connectivity index (χ3n) is 6.26. The molecule has 4 rings (SSSR count). The van der Waals surface area contributed by atoms with Crippen LogP contribution in [0.1, 0.15) is 65.1 Å². The van der Waals surface area contributed by atoms with Gasteiger partial charge in [0.05, 0.1) is 18.7 Å². The molecule has 3 aromatic heterocycles. The monoisotopic (exact) mass is 591 g/mol. The molecule has 1 unspecified atom stereocenters. The second-order valence-electron chi connectivity index (χ2n) is 10.6. The molecule has 0 saturated heterocycles. The number of hydrogen-bond acceptors (Lipinski definition) is 8. The van der Waals surface area contributed by atoms with Crippen LogP contribution in [0.2, 0.25) is 0 Å². The summed E-state index contributed by atoms with van der Waals surface area (Å²) in [5.74, 6) is -0.650. The number of H-pyrrole nitrogens is 1. The number of fused-ring (bicyclic) bond motifs is 1.